The first kappa shape index (κ1) is 83.4. The predicted molar refractivity (Wildman–Crippen MR) is 368 cm³/mol. The third-order valence-corrected chi connectivity index (χ3v) is 14.5. The molecule has 0 aliphatic heterocycles. The Hall–Kier alpha value is -8.23. The van der Waals surface area contributed by atoms with Crippen molar-refractivity contribution in [3.05, 3.63) is 210 Å². The maximum Gasteiger partial charge on any atom is 1.00 e. The van der Waals surface area contributed by atoms with Gasteiger partial charge in [-0.3, -0.25) is 29.1 Å². The van der Waals surface area contributed by atoms with Gasteiger partial charge in [-0.1, -0.05) is 81.1 Å². The summed E-state index contributed by atoms with van der Waals surface area (Å²) in [6, 6.07) is 31.0. The van der Waals surface area contributed by atoms with Crippen LogP contribution in [0.3, 0.4) is 0 Å². The molecule has 8 aromatic heterocycles. The zero-order chi connectivity index (χ0) is 72.8. The predicted octanol–water partition coefficient (Wildman–Crippen LogP) is 6.10. The van der Waals surface area contributed by atoms with Crippen LogP contribution in [0.2, 0.25) is 20.1 Å². The summed E-state index contributed by atoms with van der Waals surface area (Å²) in [5.74, 6) is -1.24. The third kappa shape index (κ3) is 25.4. The van der Waals surface area contributed by atoms with Gasteiger partial charge < -0.3 is 30.5 Å². The molecule has 0 aliphatic carbocycles. The number of fused-ring (bicyclic) bond motifs is 4. The van der Waals surface area contributed by atoms with Gasteiger partial charge in [-0.2, -0.15) is 20.2 Å². The van der Waals surface area contributed by atoms with Crippen molar-refractivity contribution in [1.29, 1.82) is 0 Å². The number of hydrogen-bond donors (Lipinski definition) is 1. The number of aromatic nitrogens is 16. The summed E-state index contributed by atoms with van der Waals surface area (Å²) in [5, 5.41) is 48.8. The Kier molecular flexibility index (Phi) is 36.0. The first-order valence-electron chi connectivity index (χ1n) is 30.4. The number of aromatic amines is 1. The number of nitrogens with zero attached hydrogens (tertiary/aromatic N) is 15. The number of carbonyl (C=O) groups is 5. The molecule has 0 saturated heterocycles. The van der Waals surface area contributed by atoms with Crippen LogP contribution in [0, 0.1) is 27.7 Å². The SMILES string of the molecule is CCOC(=O)c1c(C)nnn1Cc1ccc2ncc(Cl)cc2c1.CCOC(=O)c1n[nH]nc1C.CCOC(=O)c1nn(Cc2ccc3ncc(Cl)cc3c2)nc1C.CCOC(=O)c1nnn(Cc2ccc3ncc(Cl)cc3c2)c1C.ClCc1ccc2ncc(Cl)cc2c1.O=CO[O-].[2H]CF.[H-].[Na+].[Na+]. The minimum absolute atomic E-state index is 0. The summed E-state index contributed by atoms with van der Waals surface area (Å²) in [4.78, 5) is 76.3. The number of rotatable bonds is 16. The van der Waals surface area contributed by atoms with Crippen LogP contribution in [-0.4, -0.2) is 144 Å². The Labute approximate surface area is 650 Å². The second kappa shape index (κ2) is 43.5. The fraction of sp³-hybridized carbons (Fsp3) is 0.258. The molecule has 0 amide bonds. The molecule has 12 rings (SSSR count). The molecule has 520 valence electrons. The molecule has 0 saturated carbocycles. The standard InChI is InChI=1S/3C16H15ClN4O2.C10H7Cl2N.C6H9N3O2.CH3F.CH2O3.2Na.H/c1-3-23-16(22)15-10(2)21(20-19-15)9-11-4-5-14-12(6-11)7-13(17)8-18-14;1-3-23-16(22)15-10(2)19-20-21(15)9-11-4-5-14-12(6-11)7-13(17)8-18-14;1-3-23-16(22)15-10(2)19-21(20-15)9-11-4-5-14-12(6-11)7-13(17)8-18-14;11-5-7-1-2-10-8(3-7)4-9(12)6-13-10;1-3-11-6(10)5-4(2)7-9-8-5;1-2;2-1-4-3;;;/h3*4-8H,3,9H2,1-2H3;1-4,6H,5H2;3H2,1-2H3,(H,7,8,9);1H3;1,3H;;;/q;;;;;;;2*+1;-1/p-1/i;;;;;1D;;;;. The molecule has 1 N–H and O–H groups in total. The second-order valence-corrected chi connectivity index (χ2v) is 22.2. The minimum Gasteiger partial charge on any atom is -1.00 e. The Morgan fingerprint density at radius 3 is 1.31 bits per heavy atom. The van der Waals surface area contributed by atoms with Gasteiger partial charge in [0.15, 0.2) is 22.8 Å². The van der Waals surface area contributed by atoms with E-state index in [0.717, 1.165) is 65.9 Å². The van der Waals surface area contributed by atoms with Crippen LogP contribution in [0.1, 0.15) is 117 Å². The topological polar surface area (TPSA) is 340 Å². The van der Waals surface area contributed by atoms with E-state index in [2.05, 4.69) is 71.1 Å². The number of halogens is 6. The van der Waals surface area contributed by atoms with Crippen LogP contribution < -0.4 is 64.4 Å². The van der Waals surface area contributed by atoms with Crippen molar-refractivity contribution in [1.82, 2.24) is 80.3 Å². The maximum atomic E-state index is 12.0. The summed E-state index contributed by atoms with van der Waals surface area (Å²) in [5.41, 5.74) is 11.1. The quantitative estimate of drug-likeness (QED) is 0.0217. The average Bonchev–Trinajstić information content (AvgIpc) is 1.80. The van der Waals surface area contributed by atoms with E-state index < -0.39 is 31.0 Å². The van der Waals surface area contributed by atoms with E-state index in [1.165, 1.54) is 4.80 Å². The molecule has 0 atom stereocenters. The summed E-state index contributed by atoms with van der Waals surface area (Å²) in [6.07, 6.45) is 6.50. The molecule has 101 heavy (non-hydrogen) atoms. The van der Waals surface area contributed by atoms with Crippen LogP contribution >= 0.6 is 58.0 Å². The summed E-state index contributed by atoms with van der Waals surface area (Å²) >= 11 is 29.5. The molecule has 12 aromatic rings. The minimum atomic E-state index is -1.00. The van der Waals surface area contributed by atoms with E-state index >= 15 is 0 Å². The molecule has 0 bridgehead atoms. The first-order valence-corrected chi connectivity index (χ1v) is 31.7. The van der Waals surface area contributed by atoms with E-state index in [4.69, 9.17) is 88.4 Å². The van der Waals surface area contributed by atoms with Crippen molar-refractivity contribution in [2.24, 2.45) is 0 Å². The maximum absolute atomic E-state index is 12.0. The average molecular weight is 1500 g/mol. The normalized spacial score (nSPS) is 10.3. The first-order chi connectivity index (χ1) is 48.1. The van der Waals surface area contributed by atoms with Gasteiger partial charge in [-0.05, 0) is 150 Å². The molecular formula is C66H66Cl5FN16Na2O11. The van der Waals surface area contributed by atoms with Gasteiger partial charge in [0, 0.05) is 52.2 Å². The molecular weight excluding hydrogens is 1440 g/mol. The van der Waals surface area contributed by atoms with Gasteiger partial charge in [0.1, 0.15) is 0 Å². The van der Waals surface area contributed by atoms with E-state index in [9.17, 15) is 23.6 Å². The van der Waals surface area contributed by atoms with E-state index in [0.29, 0.717) is 101 Å². The Balaban J connectivity index is 0.000000332. The number of carbonyl (C=O) groups excluding carboxylic acids is 5. The molecule has 27 nitrogen and oxygen atoms in total. The number of H-pyrrole nitrogens is 1. The monoisotopic (exact) mass is 1500 g/mol. The number of hydrogen-bond acceptors (Lipinski definition) is 23. The van der Waals surface area contributed by atoms with Crippen LogP contribution in [0.4, 0.5) is 4.39 Å². The van der Waals surface area contributed by atoms with Gasteiger partial charge in [0.25, 0.3) is 6.47 Å². The van der Waals surface area contributed by atoms with Crippen molar-refractivity contribution in [2.45, 2.75) is 80.9 Å². The number of ether oxygens (including phenoxy) is 4. The molecule has 0 fully saturated rings. The molecule has 0 spiro atoms. The number of esters is 4. The summed E-state index contributed by atoms with van der Waals surface area (Å²) < 4.78 is 38.4. The molecule has 35 heteroatoms. The molecule has 0 radical (unpaired) electrons. The Morgan fingerprint density at radius 1 is 0.525 bits per heavy atom. The van der Waals surface area contributed by atoms with Gasteiger partial charge >= 0.3 is 83.0 Å². The Bertz CT molecular complexity index is 4740. The van der Waals surface area contributed by atoms with Crippen molar-refractivity contribution < 1.29 is 119 Å². The van der Waals surface area contributed by atoms with Crippen LogP contribution in [-0.2, 0) is 54.1 Å². The summed E-state index contributed by atoms with van der Waals surface area (Å²) in [6.45, 7) is 16.4. The number of aryl methyl sites for hydroxylation is 3. The van der Waals surface area contributed by atoms with E-state index in [-0.39, 0.29) is 84.1 Å². The second-order valence-electron chi connectivity index (χ2n) is 20.2. The Morgan fingerprint density at radius 2 is 0.901 bits per heavy atom. The van der Waals surface area contributed by atoms with Crippen LogP contribution in [0.5, 0.6) is 0 Å². The number of benzene rings is 4. The van der Waals surface area contributed by atoms with Gasteiger partial charge in [0.05, 0.1) is 120 Å². The molecule has 8 heterocycles. The van der Waals surface area contributed by atoms with Gasteiger partial charge in [-0.15, -0.1) is 32.0 Å². The largest absolute Gasteiger partial charge is 1.00 e. The van der Waals surface area contributed by atoms with Crippen LogP contribution in [0.15, 0.2) is 122 Å². The van der Waals surface area contributed by atoms with Crippen molar-refractivity contribution >= 4 is 132 Å². The fourth-order valence-electron chi connectivity index (χ4n) is 8.93. The molecule has 0 unspecified atom stereocenters. The zero-order valence-electron chi connectivity index (χ0n) is 58.5. The smallest absolute Gasteiger partial charge is 1.00 e. The number of pyridine rings is 4. The summed E-state index contributed by atoms with van der Waals surface area (Å²) in [7, 11) is -1.00. The number of nitrogens with one attached hydrogen (secondary N) is 1. The van der Waals surface area contributed by atoms with Gasteiger partial charge in [-0.25, -0.2) is 28.5 Å². The van der Waals surface area contributed by atoms with Crippen LogP contribution in [0.25, 0.3) is 43.6 Å². The van der Waals surface area contributed by atoms with E-state index in [1.807, 2.05) is 97.1 Å². The fourth-order valence-corrected chi connectivity index (χ4v) is 9.76. The van der Waals surface area contributed by atoms with Gasteiger partial charge in [0.2, 0.25) is 0 Å². The van der Waals surface area contributed by atoms with Crippen molar-refractivity contribution in [2.75, 3.05) is 33.6 Å². The van der Waals surface area contributed by atoms with Crippen molar-refractivity contribution in [3.8, 4) is 0 Å². The number of alkyl halides is 2. The third-order valence-electron chi connectivity index (χ3n) is 13.3. The van der Waals surface area contributed by atoms with Crippen molar-refractivity contribution in [3.63, 3.8) is 0 Å². The molecule has 4 aromatic carbocycles. The van der Waals surface area contributed by atoms with E-state index in [1.54, 1.807) is 89.5 Å². The zero-order valence-corrected chi connectivity index (χ0v) is 64.2. The molecule has 0 aliphatic rings.